The highest BCUT2D eigenvalue weighted by Gasteiger charge is 2.15. The Labute approximate surface area is 105 Å². The average Bonchev–Trinajstić information content (AvgIpc) is 2.35. The van der Waals surface area contributed by atoms with Crippen molar-refractivity contribution >= 4 is 11.8 Å². The van der Waals surface area contributed by atoms with Gasteiger partial charge in [0, 0.05) is 11.8 Å². The number of hydrogen-bond acceptors (Lipinski definition) is 2. The van der Waals surface area contributed by atoms with Gasteiger partial charge < -0.3 is 5.32 Å². The third-order valence-electron chi connectivity index (χ3n) is 3.05. The summed E-state index contributed by atoms with van der Waals surface area (Å²) >= 11 is 2.10. The first-order chi connectivity index (χ1) is 7.88. The molecule has 94 valence electrons. The predicted molar refractivity (Wildman–Crippen MR) is 76.2 cm³/mol. The van der Waals surface area contributed by atoms with Crippen molar-refractivity contribution in [3.63, 3.8) is 0 Å². The molecule has 1 N–H and O–H groups in total. The van der Waals surface area contributed by atoms with Crippen molar-refractivity contribution in [2.24, 2.45) is 0 Å². The van der Waals surface area contributed by atoms with Crippen molar-refractivity contribution in [1.82, 2.24) is 5.32 Å². The summed E-state index contributed by atoms with van der Waals surface area (Å²) in [7, 11) is 0. The number of nitrogens with one attached hydrogen (secondary N) is 1. The molecule has 1 nitrogen and oxygen atoms in total. The van der Waals surface area contributed by atoms with Gasteiger partial charge in [-0.2, -0.15) is 11.8 Å². The largest absolute Gasteiger partial charge is 0.310 e. The van der Waals surface area contributed by atoms with E-state index in [2.05, 4.69) is 37.0 Å². The van der Waals surface area contributed by atoms with E-state index < -0.39 is 0 Å². The molecule has 0 heterocycles. The lowest BCUT2D eigenvalue weighted by Crippen LogP contribution is -2.34. The Kier molecular flexibility index (Phi) is 8.04. The quantitative estimate of drug-likeness (QED) is 0.509. The number of hydrogen-bond donors (Lipinski definition) is 1. The van der Waals surface area contributed by atoms with Crippen molar-refractivity contribution in [1.29, 1.82) is 0 Å². The first kappa shape index (κ1) is 14.1. The summed E-state index contributed by atoms with van der Waals surface area (Å²) in [6.07, 6.45) is 10.4. The Bertz CT molecular complexity index is 201. The Hall–Kier alpha value is 0.0500. The van der Waals surface area contributed by atoms with Gasteiger partial charge in [-0.05, 0) is 50.8 Å². The van der Waals surface area contributed by atoms with Crippen LogP contribution in [0.25, 0.3) is 0 Å². The van der Waals surface area contributed by atoms with Crippen LogP contribution in [0.1, 0.15) is 52.4 Å². The highest BCUT2D eigenvalue weighted by molar-refractivity contribution is 7.99. The van der Waals surface area contributed by atoms with Gasteiger partial charge in [0.05, 0.1) is 0 Å². The number of allylic oxidation sites excluding steroid dienone is 1. The molecule has 0 fully saturated rings. The van der Waals surface area contributed by atoms with E-state index in [4.69, 9.17) is 0 Å². The summed E-state index contributed by atoms with van der Waals surface area (Å²) in [6.45, 7) is 5.68. The van der Waals surface area contributed by atoms with Crippen LogP contribution in [0.4, 0.5) is 0 Å². The third kappa shape index (κ3) is 5.40. The fourth-order valence-electron chi connectivity index (χ4n) is 2.14. The second-order valence-corrected chi connectivity index (χ2v) is 5.76. The minimum Gasteiger partial charge on any atom is -0.310 e. The van der Waals surface area contributed by atoms with E-state index in [1.165, 1.54) is 50.0 Å². The summed E-state index contributed by atoms with van der Waals surface area (Å²) in [5, 5.41) is 3.71. The number of rotatable bonds is 8. The molecule has 1 rings (SSSR count). The van der Waals surface area contributed by atoms with Gasteiger partial charge in [-0.25, -0.2) is 0 Å². The van der Waals surface area contributed by atoms with Crippen LogP contribution < -0.4 is 5.32 Å². The molecule has 1 atom stereocenters. The standard InChI is InChI=1S/C14H27NS/c1-3-10-15-14(12-16-11-4-2)13-8-6-5-7-9-13/h8,14-15H,3-7,9-12H2,1-2H3. The van der Waals surface area contributed by atoms with Crippen LogP contribution in [0, 0.1) is 0 Å². The lowest BCUT2D eigenvalue weighted by Gasteiger charge is -2.24. The molecule has 0 aliphatic heterocycles. The normalized spacial score (nSPS) is 18.2. The van der Waals surface area contributed by atoms with Crippen molar-refractivity contribution in [2.45, 2.75) is 58.4 Å². The Morgan fingerprint density at radius 3 is 2.81 bits per heavy atom. The Morgan fingerprint density at radius 2 is 2.19 bits per heavy atom. The highest BCUT2D eigenvalue weighted by atomic mass is 32.2. The lowest BCUT2D eigenvalue weighted by atomic mass is 9.94. The van der Waals surface area contributed by atoms with Crippen molar-refractivity contribution < 1.29 is 0 Å². The van der Waals surface area contributed by atoms with Gasteiger partial charge in [-0.1, -0.05) is 25.5 Å². The van der Waals surface area contributed by atoms with Gasteiger partial charge in [0.2, 0.25) is 0 Å². The molecule has 0 aromatic heterocycles. The second kappa shape index (κ2) is 9.12. The second-order valence-electron chi connectivity index (χ2n) is 4.61. The molecule has 16 heavy (non-hydrogen) atoms. The van der Waals surface area contributed by atoms with Crippen LogP contribution in [0.15, 0.2) is 11.6 Å². The van der Waals surface area contributed by atoms with Gasteiger partial charge in [0.15, 0.2) is 0 Å². The van der Waals surface area contributed by atoms with Gasteiger partial charge in [0.1, 0.15) is 0 Å². The van der Waals surface area contributed by atoms with E-state index >= 15 is 0 Å². The molecule has 1 aliphatic carbocycles. The molecule has 0 aromatic carbocycles. The maximum atomic E-state index is 3.71. The lowest BCUT2D eigenvalue weighted by molar-refractivity contribution is 0.562. The smallest absolute Gasteiger partial charge is 0.0370 e. The molecule has 0 saturated heterocycles. The zero-order valence-electron chi connectivity index (χ0n) is 10.9. The molecule has 0 amide bonds. The molecule has 0 spiro atoms. The third-order valence-corrected chi connectivity index (χ3v) is 4.31. The van der Waals surface area contributed by atoms with E-state index in [-0.39, 0.29) is 0 Å². The van der Waals surface area contributed by atoms with Crippen LogP contribution in [0.3, 0.4) is 0 Å². The first-order valence-corrected chi connectivity index (χ1v) is 8.04. The van der Waals surface area contributed by atoms with Gasteiger partial charge in [0.25, 0.3) is 0 Å². The van der Waals surface area contributed by atoms with E-state index in [1.54, 1.807) is 5.57 Å². The van der Waals surface area contributed by atoms with Crippen LogP contribution in [-0.2, 0) is 0 Å². The summed E-state index contributed by atoms with van der Waals surface area (Å²) in [5.41, 5.74) is 1.68. The van der Waals surface area contributed by atoms with Crippen LogP contribution in [-0.4, -0.2) is 24.1 Å². The summed E-state index contributed by atoms with van der Waals surface area (Å²) < 4.78 is 0. The van der Waals surface area contributed by atoms with E-state index in [1.807, 2.05) is 0 Å². The highest BCUT2D eigenvalue weighted by Crippen LogP contribution is 2.22. The van der Waals surface area contributed by atoms with Crippen molar-refractivity contribution in [3.05, 3.63) is 11.6 Å². The summed E-state index contributed by atoms with van der Waals surface area (Å²) in [5.74, 6) is 2.57. The molecular weight excluding hydrogens is 214 g/mol. The zero-order chi connectivity index (χ0) is 11.6. The Balaban J connectivity index is 2.38. The number of thioether (sulfide) groups is 1. The van der Waals surface area contributed by atoms with Crippen LogP contribution in [0.5, 0.6) is 0 Å². The molecule has 0 saturated carbocycles. The zero-order valence-corrected chi connectivity index (χ0v) is 11.7. The fraction of sp³-hybridized carbons (Fsp3) is 0.857. The van der Waals surface area contributed by atoms with Gasteiger partial charge >= 0.3 is 0 Å². The summed E-state index contributed by atoms with van der Waals surface area (Å²) in [6, 6.07) is 0.650. The monoisotopic (exact) mass is 241 g/mol. The van der Waals surface area contributed by atoms with E-state index in [9.17, 15) is 0 Å². The molecule has 0 radical (unpaired) electrons. The maximum absolute atomic E-state index is 3.71. The van der Waals surface area contributed by atoms with E-state index in [0.717, 1.165) is 6.54 Å². The maximum Gasteiger partial charge on any atom is 0.0370 e. The van der Waals surface area contributed by atoms with Crippen LogP contribution in [0.2, 0.25) is 0 Å². The molecule has 2 heteroatoms. The van der Waals surface area contributed by atoms with E-state index in [0.29, 0.717) is 6.04 Å². The first-order valence-electron chi connectivity index (χ1n) is 6.88. The summed E-state index contributed by atoms with van der Waals surface area (Å²) in [4.78, 5) is 0. The molecular formula is C14H27NS. The SMILES string of the molecule is CCCNC(CSCCC)C1=CCCCC1. The van der Waals surface area contributed by atoms with Crippen LogP contribution >= 0.6 is 11.8 Å². The minimum absolute atomic E-state index is 0.650. The van der Waals surface area contributed by atoms with Crippen molar-refractivity contribution in [3.8, 4) is 0 Å². The minimum atomic E-state index is 0.650. The van der Waals surface area contributed by atoms with Crippen molar-refractivity contribution in [2.75, 3.05) is 18.1 Å². The van der Waals surface area contributed by atoms with Gasteiger partial charge in [-0.15, -0.1) is 0 Å². The molecule has 0 aromatic rings. The predicted octanol–water partition coefficient (Wildman–Crippen LogP) is 4.00. The topological polar surface area (TPSA) is 12.0 Å². The molecule has 1 unspecified atom stereocenters. The molecule has 1 aliphatic rings. The van der Waals surface area contributed by atoms with Gasteiger partial charge in [-0.3, -0.25) is 0 Å². The molecule has 0 bridgehead atoms. The Morgan fingerprint density at radius 1 is 1.31 bits per heavy atom. The average molecular weight is 241 g/mol. The fourth-order valence-corrected chi connectivity index (χ4v) is 3.16.